The van der Waals surface area contributed by atoms with Crippen LogP contribution >= 0.6 is 7.80 Å². The first-order chi connectivity index (χ1) is 12.1. The summed E-state index contributed by atoms with van der Waals surface area (Å²) in [7, 11) is 4.60. The van der Waals surface area contributed by atoms with Crippen molar-refractivity contribution in [3.8, 4) is 0 Å². The summed E-state index contributed by atoms with van der Waals surface area (Å²) in [6, 6.07) is -0.261. The molecule has 9 atom stereocenters. The standard InChI is InChI=1S/C20H35BO4P/c1-11(2)18-16(14(6)20(21)25-18)10-26(22)9-8-17-19(23-12(3)4)13(5)15(7)24-17/h8-9,11-20H,10H2,1-7H3/q+1/b9-8+/t13?,14?,15-,16+,17+,18+,19+,20+/m0/s1. The molecule has 0 aromatic heterocycles. The molecule has 0 amide bonds. The van der Waals surface area contributed by atoms with Crippen LogP contribution in [-0.2, 0) is 18.8 Å². The van der Waals surface area contributed by atoms with Crippen LogP contribution in [0.4, 0.5) is 0 Å². The van der Waals surface area contributed by atoms with E-state index in [-0.39, 0.29) is 48.4 Å². The molecule has 2 aliphatic rings. The minimum absolute atomic E-state index is 0.00947. The van der Waals surface area contributed by atoms with Crippen LogP contribution in [-0.4, -0.2) is 50.5 Å². The van der Waals surface area contributed by atoms with Crippen molar-refractivity contribution in [3.05, 3.63) is 11.9 Å². The van der Waals surface area contributed by atoms with Gasteiger partial charge in [0.1, 0.15) is 14.0 Å². The first-order valence-corrected chi connectivity index (χ1v) is 11.5. The van der Waals surface area contributed by atoms with Gasteiger partial charge in [0.05, 0.1) is 24.4 Å². The van der Waals surface area contributed by atoms with Crippen molar-refractivity contribution in [3.63, 3.8) is 0 Å². The Labute approximate surface area is 161 Å². The van der Waals surface area contributed by atoms with E-state index in [1.54, 1.807) is 0 Å². The Bertz CT molecular complexity index is 510. The SMILES string of the molecule is [B][C@@H]1O[C@H](C(C)C)[C@H](C[P+](=O)/C=C/[C@H]2O[C@@H](C)C(C)[C@H]2OC(C)C)C1C. The lowest BCUT2D eigenvalue weighted by molar-refractivity contribution is -0.0326. The van der Waals surface area contributed by atoms with Gasteiger partial charge in [-0.05, 0) is 38.7 Å². The van der Waals surface area contributed by atoms with Crippen molar-refractivity contribution in [1.82, 2.24) is 0 Å². The molecule has 6 heteroatoms. The van der Waals surface area contributed by atoms with Gasteiger partial charge in [0, 0.05) is 17.8 Å². The summed E-state index contributed by atoms with van der Waals surface area (Å²) in [5.41, 5.74) is 0. The molecule has 4 nitrogen and oxygen atoms in total. The zero-order chi connectivity index (χ0) is 19.6. The van der Waals surface area contributed by atoms with Crippen LogP contribution in [0, 0.1) is 23.7 Å². The van der Waals surface area contributed by atoms with Crippen LogP contribution < -0.4 is 0 Å². The van der Waals surface area contributed by atoms with E-state index in [1.807, 2.05) is 25.7 Å². The first kappa shape index (κ1) is 22.1. The molecule has 2 fully saturated rings. The Kier molecular flexibility index (Phi) is 7.92. The smallest absolute Gasteiger partial charge is 0.369 e. The van der Waals surface area contributed by atoms with Crippen LogP contribution in [0.2, 0.25) is 0 Å². The average molecular weight is 381 g/mol. The van der Waals surface area contributed by atoms with Gasteiger partial charge in [0.2, 0.25) is 0 Å². The highest BCUT2D eigenvalue weighted by atomic mass is 31.1. The summed E-state index contributed by atoms with van der Waals surface area (Å²) in [6.45, 7) is 14.7. The van der Waals surface area contributed by atoms with Crippen LogP contribution in [0.3, 0.4) is 0 Å². The van der Waals surface area contributed by atoms with E-state index in [2.05, 4.69) is 34.6 Å². The average Bonchev–Trinajstić information content (AvgIpc) is 2.97. The van der Waals surface area contributed by atoms with Gasteiger partial charge in [-0.3, -0.25) is 0 Å². The van der Waals surface area contributed by atoms with E-state index in [0.29, 0.717) is 18.0 Å². The minimum atomic E-state index is -1.47. The van der Waals surface area contributed by atoms with Gasteiger partial charge < -0.3 is 14.2 Å². The Balaban J connectivity index is 1.99. The fraction of sp³-hybridized carbons (Fsp3) is 0.900. The van der Waals surface area contributed by atoms with Crippen LogP contribution in [0.15, 0.2) is 11.9 Å². The van der Waals surface area contributed by atoms with Crippen molar-refractivity contribution >= 4 is 15.6 Å². The quantitative estimate of drug-likeness (QED) is 0.486. The molecule has 2 saturated heterocycles. The van der Waals surface area contributed by atoms with E-state index < -0.39 is 7.80 Å². The lowest BCUT2D eigenvalue weighted by atomic mass is 9.80. The van der Waals surface area contributed by atoms with Crippen LogP contribution in [0.25, 0.3) is 0 Å². The third kappa shape index (κ3) is 5.19. The Morgan fingerprint density at radius 1 is 1.12 bits per heavy atom. The largest absolute Gasteiger partial charge is 0.384 e. The number of hydrogen-bond donors (Lipinski definition) is 0. The predicted octanol–water partition coefficient (Wildman–Crippen LogP) is 4.35. The van der Waals surface area contributed by atoms with Gasteiger partial charge in [-0.25, -0.2) is 0 Å². The monoisotopic (exact) mass is 381 g/mol. The summed E-state index contributed by atoms with van der Waals surface area (Å²) in [4.78, 5) is 0. The van der Waals surface area contributed by atoms with Gasteiger partial charge in [0.15, 0.2) is 12.0 Å². The molecule has 0 aromatic rings. The van der Waals surface area contributed by atoms with Gasteiger partial charge in [-0.2, -0.15) is 0 Å². The van der Waals surface area contributed by atoms with Gasteiger partial charge >= 0.3 is 7.80 Å². The molecule has 0 aliphatic carbocycles. The number of hydrogen-bond acceptors (Lipinski definition) is 4. The van der Waals surface area contributed by atoms with Gasteiger partial charge in [0.25, 0.3) is 0 Å². The molecule has 26 heavy (non-hydrogen) atoms. The molecule has 146 valence electrons. The molecule has 2 rings (SSSR count). The fourth-order valence-corrected chi connectivity index (χ4v) is 5.45. The molecule has 0 bridgehead atoms. The highest BCUT2D eigenvalue weighted by Gasteiger charge is 2.44. The Morgan fingerprint density at radius 3 is 2.35 bits per heavy atom. The van der Waals surface area contributed by atoms with Crippen molar-refractivity contribution in [1.29, 1.82) is 0 Å². The maximum absolute atomic E-state index is 12.7. The Hall–Kier alpha value is -0.215. The summed E-state index contributed by atoms with van der Waals surface area (Å²) < 4.78 is 30.7. The second kappa shape index (κ2) is 9.32. The molecule has 2 aliphatic heterocycles. The number of ether oxygens (including phenoxy) is 3. The summed E-state index contributed by atoms with van der Waals surface area (Å²) in [5, 5.41) is 0. The molecule has 3 unspecified atom stereocenters. The zero-order valence-electron chi connectivity index (χ0n) is 17.3. The normalized spacial score (nSPS) is 41.7. The maximum atomic E-state index is 12.7. The molecule has 0 spiro atoms. The van der Waals surface area contributed by atoms with E-state index >= 15 is 0 Å². The topological polar surface area (TPSA) is 44.8 Å². The molecular formula is C20H35BO4P+. The highest BCUT2D eigenvalue weighted by molar-refractivity contribution is 7.48. The molecule has 0 N–H and O–H groups in total. The van der Waals surface area contributed by atoms with Crippen molar-refractivity contribution < 1.29 is 18.8 Å². The van der Waals surface area contributed by atoms with Crippen molar-refractivity contribution in [2.75, 3.05) is 6.16 Å². The summed E-state index contributed by atoms with van der Waals surface area (Å²) in [6.07, 6.45) is 2.78. The minimum Gasteiger partial charge on any atom is -0.384 e. The molecule has 2 heterocycles. The Morgan fingerprint density at radius 2 is 1.77 bits per heavy atom. The predicted molar refractivity (Wildman–Crippen MR) is 107 cm³/mol. The van der Waals surface area contributed by atoms with E-state index in [0.717, 1.165) is 0 Å². The third-order valence-electron chi connectivity index (χ3n) is 5.80. The zero-order valence-corrected chi connectivity index (χ0v) is 18.2. The van der Waals surface area contributed by atoms with E-state index in [4.69, 9.17) is 22.1 Å². The second-order valence-electron chi connectivity index (χ2n) is 8.59. The van der Waals surface area contributed by atoms with Crippen LogP contribution in [0.1, 0.15) is 48.5 Å². The van der Waals surface area contributed by atoms with Gasteiger partial charge in [-0.1, -0.05) is 32.3 Å². The van der Waals surface area contributed by atoms with Crippen LogP contribution in [0.5, 0.6) is 0 Å². The van der Waals surface area contributed by atoms with Crippen molar-refractivity contribution in [2.24, 2.45) is 23.7 Å². The number of rotatable bonds is 7. The molecular weight excluding hydrogens is 346 g/mol. The summed E-state index contributed by atoms with van der Waals surface area (Å²) in [5.74, 6) is 2.94. The summed E-state index contributed by atoms with van der Waals surface area (Å²) >= 11 is 0. The lowest BCUT2D eigenvalue weighted by Crippen LogP contribution is -2.30. The second-order valence-corrected chi connectivity index (χ2v) is 10.1. The highest BCUT2D eigenvalue weighted by Crippen LogP contribution is 2.41. The van der Waals surface area contributed by atoms with E-state index in [9.17, 15) is 4.57 Å². The third-order valence-corrected chi connectivity index (χ3v) is 7.09. The first-order valence-electron chi connectivity index (χ1n) is 9.95. The molecule has 0 saturated carbocycles. The van der Waals surface area contributed by atoms with Crippen molar-refractivity contribution in [2.45, 2.75) is 85.0 Å². The molecule has 2 radical (unpaired) electrons. The fourth-order valence-electron chi connectivity index (χ4n) is 4.01. The van der Waals surface area contributed by atoms with E-state index in [1.165, 1.54) is 0 Å². The lowest BCUT2D eigenvalue weighted by Gasteiger charge is -2.22. The maximum Gasteiger partial charge on any atom is 0.369 e. The van der Waals surface area contributed by atoms with Gasteiger partial charge in [-0.15, -0.1) is 0 Å². The molecule has 0 aromatic carbocycles.